The van der Waals surface area contributed by atoms with Gasteiger partial charge in [-0.3, -0.25) is 0 Å². The Bertz CT molecular complexity index is 800. The van der Waals surface area contributed by atoms with Crippen LogP contribution < -0.4 is 5.32 Å². The van der Waals surface area contributed by atoms with E-state index >= 15 is 0 Å². The van der Waals surface area contributed by atoms with Gasteiger partial charge in [-0.1, -0.05) is 35.4 Å². The topological polar surface area (TPSA) is 71.2 Å². The van der Waals surface area contributed by atoms with Gasteiger partial charge in [-0.2, -0.15) is 0 Å². The molecule has 3 aromatic rings. The summed E-state index contributed by atoms with van der Waals surface area (Å²) in [6.45, 7) is 2.34. The molecule has 3 rings (SSSR count). The summed E-state index contributed by atoms with van der Waals surface area (Å²) in [6.07, 6.45) is 0. The Hall–Kier alpha value is -2.37. The summed E-state index contributed by atoms with van der Waals surface area (Å²) < 4.78 is 5.65. The Morgan fingerprint density at radius 2 is 1.91 bits per heavy atom. The molecule has 0 fully saturated rings. The van der Waals surface area contributed by atoms with Crippen LogP contribution in [0, 0.1) is 6.92 Å². The number of nitrogens with zero attached hydrogens (tertiary/aromatic N) is 2. The zero-order valence-electron chi connectivity index (χ0n) is 12.6. The van der Waals surface area contributed by atoms with E-state index in [1.165, 1.54) is 5.56 Å². The van der Waals surface area contributed by atoms with Gasteiger partial charge >= 0.3 is 0 Å². The van der Waals surface area contributed by atoms with Gasteiger partial charge < -0.3 is 14.8 Å². The molecule has 118 valence electrons. The molecular weight excluding hydrogens is 314 g/mol. The fourth-order valence-corrected chi connectivity index (χ4v) is 2.30. The van der Waals surface area contributed by atoms with Crippen molar-refractivity contribution in [2.24, 2.45) is 0 Å². The molecule has 2 N–H and O–H groups in total. The summed E-state index contributed by atoms with van der Waals surface area (Å²) in [4.78, 5) is 0. The average molecular weight is 330 g/mol. The minimum absolute atomic E-state index is 0.0377. The molecule has 0 unspecified atom stereocenters. The van der Waals surface area contributed by atoms with Crippen LogP contribution >= 0.6 is 11.6 Å². The SMILES string of the molecule is Cc1ccc(-c2nnc(CNc3cc(CO)ccc3Cl)o2)cc1. The molecule has 0 spiro atoms. The molecule has 0 saturated heterocycles. The molecule has 0 aliphatic heterocycles. The summed E-state index contributed by atoms with van der Waals surface area (Å²) in [5, 5.41) is 21.0. The zero-order chi connectivity index (χ0) is 16.2. The number of benzene rings is 2. The Morgan fingerprint density at radius 3 is 2.65 bits per heavy atom. The quantitative estimate of drug-likeness (QED) is 0.745. The molecule has 0 amide bonds. The maximum Gasteiger partial charge on any atom is 0.247 e. The number of hydrogen-bond acceptors (Lipinski definition) is 5. The number of halogens is 1. The normalized spacial score (nSPS) is 10.7. The number of aryl methyl sites for hydroxylation is 1. The molecule has 1 aromatic heterocycles. The van der Waals surface area contributed by atoms with Crippen LogP contribution in [0.1, 0.15) is 17.0 Å². The van der Waals surface area contributed by atoms with Gasteiger partial charge in [0.15, 0.2) is 0 Å². The second kappa shape index (κ2) is 6.81. The molecule has 2 aromatic carbocycles. The van der Waals surface area contributed by atoms with E-state index in [1.807, 2.05) is 31.2 Å². The Kier molecular flexibility index (Phi) is 4.60. The fourth-order valence-electron chi connectivity index (χ4n) is 2.11. The third kappa shape index (κ3) is 3.70. The first-order chi connectivity index (χ1) is 11.2. The highest BCUT2D eigenvalue weighted by Crippen LogP contribution is 2.24. The highest BCUT2D eigenvalue weighted by atomic mass is 35.5. The van der Waals surface area contributed by atoms with E-state index in [-0.39, 0.29) is 6.61 Å². The number of hydrogen-bond donors (Lipinski definition) is 2. The van der Waals surface area contributed by atoms with E-state index in [0.29, 0.717) is 29.0 Å². The highest BCUT2D eigenvalue weighted by Gasteiger charge is 2.09. The van der Waals surface area contributed by atoms with Gasteiger partial charge in [-0.05, 0) is 36.8 Å². The van der Waals surface area contributed by atoms with Crippen molar-refractivity contribution in [3.63, 3.8) is 0 Å². The van der Waals surface area contributed by atoms with Crippen LogP contribution in [0.4, 0.5) is 5.69 Å². The van der Waals surface area contributed by atoms with Crippen LogP contribution in [0.25, 0.3) is 11.5 Å². The zero-order valence-corrected chi connectivity index (χ0v) is 13.3. The first-order valence-corrected chi connectivity index (χ1v) is 7.56. The van der Waals surface area contributed by atoms with Crippen molar-refractivity contribution in [2.45, 2.75) is 20.1 Å². The second-order valence-electron chi connectivity index (χ2n) is 5.19. The van der Waals surface area contributed by atoms with E-state index in [0.717, 1.165) is 11.1 Å². The smallest absolute Gasteiger partial charge is 0.247 e. The Balaban J connectivity index is 1.71. The lowest BCUT2D eigenvalue weighted by Crippen LogP contribution is -2.01. The standard InChI is InChI=1S/C17H16ClN3O2/c1-11-2-5-13(6-3-11)17-21-20-16(23-17)9-19-15-8-12(10-22)4-7-14(15)18/h2-8,19,22H,9-10H2,1H3. The molecule has 5 nitrogen and oxygen atoms in total. The highest BCUT2D eigenvalue weighted by molar-refractivity contribution is 6.33. The maximum atomic E-state index is 9.18. The average Bonchev–Trinajstić information content (AvgIpc) is 3.04. The van der Waals surface area contributed by atoms with Crippen LogP contribution in [0.15, 0.2) is 46.9 Å². The minimum atomic E-state index is -0.0377. The molecule has 6 heteroatoms. The van der Waals surface area contributed by atoms with Crippen molar-refractivity contribution in [3.05, 3.63) is 64.5 Å². The molecule has 0 radical (unpaired) electrons. The number of aliphatic hydroxyl groups is 1. The van der Waals surface area contributed by atoms with Crippen molar-refractivity contribution < 1.29 is 9.52 Å². The second-order valence-corrected chi connectivity index (χ2v) is 5.60. The Morgan fingerprint density at radius 1 is 1.13 bits per heavy atom. The minimum Gasteiger partial charge on any atom is -0.419 e. The van der Waals surface area contributed by atoms with Crippen molar-refractivity contribution in [3.8, 4) is 11.5 Å². The lowest BCUT2D eigenvalue weighted by Gasteiger charge is -2.07. The van der Waals surface area contributed by atoms with E-state index < -0.39 is 0 Å². The van der Waals surface area contributed by atoms with Gasteiger partial charge in [-0.15, -0.1) is 10.2 Å². The van der Waals surface area contributed by atoms with Crippen molar-refractivity contribution in [2.75, 3.05) is 5.32 Å². The van der Waals surface area contributed by atoms with Crippen LogP contribution in [0.2, 0.25) is 5.02 Å². The summed E-state index contributed by atoms with van der Waals surface area (Å²) in [7, 11) is 0. The predicted molar refractivity (Wildman–Crippen MR) is 89.2 cm³/mol. The third-order valence-corrected chi connectivity index (χ3v) is 3.74. The van der Waals surface area contributed by atoms with E-state index in [4.69, 9.17) is 16.0 Å². The van der Waals surface area contributed by atoms with Crippen LogP contribution in [-0.2, 0) is 13.2 Å². The van der Waals surface area contributed by atoms with Gasteiger partial charge in [0.05, 0.1) is 23.9 Å². The van der Waals surface area contributed by atoms with Crippen LogP contribution in [0.3, 0.4) is 0 Å². The first kappa shape index (κ1) is 15.5. The predicted octanol–water partition coefficient (Wildman–Crippen LogP) is 3.80. The van der Waals surface area contributed by atoms with E-state index in [2.05, 4.69) is 15.5 Å². The van der Waals surface area contributed by atoms with Crippen molar-refractivity contribution in [1.29, 1.82) is 0 Å². The molecule has 0 bridgehead atoms. The number of anilines is 1. The van der Waals surface area contributed by atoms with Crippen LogP contribution in [0.5, 0.6) is 0 Å². The number of rotatable bonds is 5. The number of aromatic nitrogens is 2. The van der Waals surface area contributed by atoms with Gasteiger partial charge in [0.2, 0.25) is 11.8 Å². The molecule has 0 aliphatic rings. The molecule has 1 heterocycles. The van der Waals surface area contributed by atoms with Gasteiger partial charge in [0.1, 0.15) is 0 Å². The van der Waals surface area contributed by atoms with Gasteiger partial charge in [0.25, 0.3) is 0 Å². The fraction of sp³-hybridized carbons (Fsp3) is 0.176. The largest absolute Gasteiger partial charge is 0.419 e. The Labute approximate surface area is 138 Å². The van der Waals surface area contributed by atoms with Crippen LogP contribution in [-0.4, -0.2) is 15.3 Å². The number of nitrogens with one attached hydrogen (secondary N) is 1. The molecule has 0 aliphatic carbocycles. The maximum absolute atomic E-state index is 9.18. The van der Waals surface area contributed by atoms with E-state index in [9.17, 15) is 5.11 Å². The summed E-state index contributed by atoms with van der Waals surface area (Å²) in [6, 6.07) is 13.2. The summed E-state index contributed by atoms with van der Waals surface area (Å²) in [5.74, 6) is 0.947. The monoisotopic (exact) mass is 329 g/mol. The van der Waals surface area contributed by atoms with Gasteiger partial charge in [0, 0.05) is 5.56 Å². The molecule has 23 heavy (non-hydrogen) atoms. The summed E-state index contributed by atoms with van der Waals surface area (Å²) >= 11 is 6.12. The first-order valence-electron chi connectivity index (χ1n) is 7.18. The lowest BCUT2D eigenvalue weighted by molar-refractivity contribution is 0.282. The summed E-state index contributed by atoms with van der Waals surface area (Å²) in [5.41, 5.74) is 3.55. The van der Waals surface area contributed by atoms with Crippen molar-refractivity contribution >= 4 is 17.3 Å². The third-order valence-electron chi connectivity index (χ3n) is 3.41. The molecule has 0 atom stereocenters. The number of aliphatic hydroxyl groups excluding tert-OH is 1. The molecular formula is C17H16ClN3O2. The van der Waals surface area contributed by atoms with Gasteiger partial charge in [-0.25, -0.2) is 0 Å². The molecule has 0 saturated carbocycles. The lowest BCUT2D eigenvalue weighted by atomic mass is 10.1. The van der Waals surface area contributed by atoms with E-state index in [1.54, 1.807) is 18.2 Å². The van der Waals surface area contributed by atoms with Crippen molar-refractivity contribution in [1.82, 2.24) is 10.2 Å².